The zero-order valence-corrected chi connectivity index (χ0v) is 13.9. The molecule has 6 heteroatoms. The normalized spacial score (nSPS) is 15.6. The highest BCUT2D eigenvalue weighted by Crippen LogP contribution is 2.12. The Balaban J connectivity index is 1.48. The molecule has 2 N–H and O–H groups in total. The number of amides is 2. The second-order valence-electron chi connectivity index (χ2n) is 5.93. The Kier molecular flexibility index (Phi) is 5.30. The SMILES string of the molecule is NC(=O)c1ccc(C(=O)N2CCN(CC=Cc3ccccc3)CC2)o1. The van der Waals surface area contributed by atoms with Crippen molar-refractivity contribution in [1.29, 1.82) is 0 Å². The highest BCUT2D eigenvalue weighted by atomic mass is 16.4. The van der Waals surface area contributed by atoms with Gasteiger partial charge in [-0.15, -0.1) is 0 Å². The van der Waals surface area contributed by atoms with E-state index in [4.69, 9.17) is 10.2 Å². The van der Waals surface area contributed by atoms with E-state index in [-0.39, 0.29) is 17.4 Å². The summed E-state index contributed by atoms with van der Waals surface area (Å²) in [6.07, 6.45) is 4.24. The van der Waals surface area contributed by atoms with Gasteiger partial charge >= 0.3 is 0 Å². The molecule has 0 radical (unpaired) electrons. The number of nitrogens with zero attached hydrogens (tertiary/aromatic N) is 2. The summed E-state index contributed by atoms with van der Waals surface area (Å²) in [5, 5.41) is 0. The highest BCUT2D eigenvalue weighted by Gasteiger charge is 2.24. The summed E-state index contributed by atoms with van der Waals surface area (Å²) in [6.45, 7) is 3.71. The van der Waals surface area contributed by atoms with Gasteiger partial charge in [0.05, 0.1) is 0 Å². The van der Waals surface area contributed by atoms with E-state index in [2.05, 4.69) is 29.2 Å². The first-order valence-corrected chi connectivity index (χ1v) is 8.26. The number of carbonyl (C=O) groups excluding carboxylic acids is 2. The van der Waals surface area contributed by atoms with Crippen LogP contribution in [0.25, 0.3) is 6.08 Å². The van der Waals surface area contributed by atoms with Gasteiger partial charge < -0.3 is 15.1 Å². The number of hydrogen-bond donors (Lipinski definition) is 1. The largest absolute Gasteiger partial charge is 0.446 e. The van der Waals surface area contributed by atoms with Crippen LogP contribution in [0.1, 0.15) is 26.7 Å². The minimum absolute atomic E-state index is 0.00744. The van der Waals surface area contributed by atoms with Crippen LogP contribution < -0.4 is 5.73 Å². The maximum Gasteiger partial charge on any atom is 0.289 e. The Labute approximate surface area is 146 Å². The van der Waals surface area contributed by atoms with Crippen molar-refractivity contribution in [2.45, 2.75) is 0 Å². The second kappa shape index (κ2) is 7.81. The molecule has 0 spiro atoms. The molecule has 6 nitrogen and oxygen atoms in total. The van der Waals surface area contributed by atoms with Crippen LogP contribution >= 0.6 is 0 Å². The first-order chi connectivity index (χ1) is 12.1. The summed E-state index contributed by atoms with van der Waals surface area (Å²) in [7, 11) is 0. The molecule has 0 atom stereocenters. The summed E-state index contributed by atoms with van der Waals surface area (Å²) in [4.78, 5) is 27.5. The van der Waals surface area contributed by atoms with Crippen molar-refractivity contribution in [3.8, 4) is 0 Å². The standard InChI is InChI=1S/C19H21N3O3/c20-18(23)16-8-9-17(25-16)19(24)22-13-11-21(12-14-22)10-4-7-15-5-2-1-3-6-15/h1-9H,10-14H2,(H2,20,23). The zero-order valence-electron chi connectivity index (χ0n) is 13.9. The van der Waals surface area contributed by atoms with Gasteiger partial charge in [-0.1, -0.05) is 42.5 Å². The predicted octanol–water partition coefficient (Wildman–Crippen LogP) is 1.85. The highest BCUT2D eigenvalue weighted by molar-refractivity contribution is 5.95. The zero-order chi connectivity index (χ0) is 17.6. The van der Waals surface area contributed by atoms with Crippen LogP contribution in [0.5, 0.6) is 0 Å². The molecule has 2 aromatic rings. The first-order valence-electron chi connectivity index (χ1n) is 8.26. The van der Waals surface area contributed by atoms with Crippen molar-refractivity contribution in [3.05, 3.63) is 65.6 Å². The Hall–Kier alpha value is -2.86. The molecule has 0 saturated carbocycles. The summed E-state index contributed by atoms with van der Waals surface area (Å²) >= 11 is 0. The van der Waals surface area contributed by atoms with Crippen LogP contribution in [0.15, 0.2) is 53.0 Å². The summed E-state index contributed by atoms with van der Waals surface area (Å²) in [5.74, 6) is -0.708. The third kappa shape index (κ3) is 4.36. The lowest BCUT2D eigenvalue weighted by atomic mass is 10.2. The molecule has 3 rings (SSSR count). The fourth-order valence-electron chi connectivity index (χ4n) is 2.78. The average Bonchev–Trinajstić information content (AvgIpc) is 3.13. The van der Waals surface area contributed by atoms with Crippen molar-refractivity contribution in [2.24, 2.45) is 5.73 Å². The van der Waals surface area contributed by atoms with E-state index in [9.17, 15) is 9.59 Å². The maximum absolute atomic E-state index is 12.4. The average molecular weight is 339 g/mol. The van der Waals surface area contributed by atoms with E-state index in [1.54, 1.807) is 4.90 Å². The van der Waals surface area contributed by atoms with E-state index < -0.39 is 5.91 Å². The summed E-state index contributed by atoms with van der Waals surface area (Å²) in [6, 6.07) is 13.1. The van der Waals surface area contributed by atoms with Gasteiger partial charge in [-0.2, -0.15) is 0 Å². The molecule has 130 valence electrons. The van der Waals surface area contributed by atoms with Gasteiger partial charge in [-0.3, -0.25) is 14.5 Å². The van der Waals surface area contributed by atoms with Gasteiger partial charge in [-0.25, -0.2) is 0 Å². The molecule has 2 amide bonds. The van der Waals surface area contributed by atoms with Crippen LogP contribution in [0.3, 0.4) is 0 Å². The predicted molar refractivity (Wildman–Crippen MR) is 95.0 cm³/mol. The van der Waals surface area contributed by atoms with Crippen LogP contribution in [0, 0.1) is 0 Å². The third-order valence-electron chi connectivity index (χ3n) is 4.19. The van der Waals surface area contributed by atoms with Crippen LogP contribution in [-0.4, -0.2) is 54.3 Å². The molecule has 1 aromatic carbocycles. The number of nitrogens with two attached hydrogens (primary N) is 1. The van der Waals surface area contributed by atoms with Gasteiger partial charge in [0.15, 0.2) is 11.5 Å². The van der Waals surface area contributed by atoms with E-state index >= 15 is 0 Å². The number of benzene rings is 1. The molecular formula is C19H21N3O3. The fraction of sp³-hybridized carbons (Fsp3) is 0.263. The summed E-state index contributed by atoms with van der Waals surface area (Å²) in [5.41, 5.74) is 6.32. The van der Waals surface area contributed by atoms with Gasteiger partial charge in [0, 0.05) is 32.7 Å². The number of primary amides is 1. The molecule has 1 aliphatic heterocycles. The first kappa shape index (κ1) is 17.0. The Morgan fingerprint density at radius 2 is 1.68 bits per heavy atom. The van der Waals surface area contributed by atoms with Gasteiger partial charge in [0.25, 0.3) is 11.8 Å². The Morgan fingerprint density at radius 3 is 2.32 bits per heavy atom. The molecule has 0 aliphatic carbocycles. The Morgan fingerprint density at radius 1 is 1.00 bits per heavy atom. The smallest absolute Gasteiger partial charge is 0.289 e. The number of furan rings is 1. The Bertz CT molecular complexity index is 759. The molecule has 25 heavy (non-hydrogen) atoms. The lowest BCUT2D eigenvalue weighted by Crippen LogP contribution is -2.48. The van der Waals surface area contributed by atoms with Crippen LogP contribution in [-0.2, 0) is 0 Å². The number of rotatable bonds is 5. The molecule has 0 bridgehead atoms. The molecule has 1 aromatic heterocycles. The lowest BCUT2D eigenvalue weighted by Gasteiger charge is -2.33. The number of piperazine rings is 1. The third-order valence-corrected chi connectivity index (χ3v) is 4.19. The lowest BCUT2D eigenvalue weighted by molar-refractivity contribution is 0.0617. The minimum Gasteiger partial charge on any atom is -0.446 e. The summed E-state index contributed by atoms with van der Waals surface area (Å²) < 4.78 is 5.21. The van der Waals surface area contributed by atoms with E-state index in [0.29, 0.717) is 13.1 Å². The fourth-order valence-corrected chi connectivity index (χ4v) is 2.78. The molecule has 0 unspecified atom stereocenters. The quantitative estimate of drug-likeness (QED) is 0.901. The topological polar surface area (TPSA) is 79.8 Å². The van der Waals surface area contributed by atoms with Crippen molar-refractivity contribution in [2.75, 3.05) is 32.7 Å². The molecule has 1 fully saturated rings. The second-order valence-corrected chi connectivity index (χ2v) is 5.93. The maximum atomic E-state index is 12.4. The number of hydrogen-bond acceptors (Lipinski definition) is 4. The monoisotopic (exact) mass is 339 g/mol. The van der Waals surface area contributed by atoms with Crippen molar-refractivity contribution < 1.29 is 14.0 Å². The van der Waals surface area contributed by atoms with Crippen LogP contribution in [0.2, 0.25) is 0 Å². The molecule has 2 heterocycles. The van der Waals surface area contributed by atoms with Crippen molar-refractivity contribution in [3.63, 3.8) is 0 Å². The van der Waals surface area contributed by atoms with Crippen LogP contribution in [0.4, 0.5) is 0 Å². The van der Waals surface area contributed by atoms with Crippen molar-refractivity contribution in [1.82, 2.24) is 9.80 Å². The van der Waals surface area contributed by atoms with Gasteiger partial charge in [0.2, 0.25) is 0 Å². The molecular weight excluding hydrogens is 318 g/mol. The van der Waals surface area contributed by atoms with Gasteiger partial charge in [0.1, 0.15) is 0 Å². The number of carbonyl (C=O) groups is 2. The molecule has 1 aliphatic rings. The van der Waals surface area contributed by atoms with E-state index in [1.165, 1.54) is 17.7 Å². The molecule has 1 saturated heterocycles. The van der Waals surface area contributed by atoms with E-state index in [0.717, 1.165) is 19.6 Å². The van der Waals surface area contributed by atoms with E-state index in [1.807, 2.05) is 18.2 Å². The minimum atomic E-state index is -0.672. The van der Waals surface area contributed by atoms with Gasteiger partial charge in [-0.05, 0) is 17.7 Å². The van der Waals surface area contributed by atoms with Crippen molar-refractivity contribution >= 4 is 17.9 Å².